The molecular weight excluding hydrogens is 275 g/mol. The first kappa shape index (κ1) is 13.7. The molecular formula is C14H15FN4O2. The number of hydrogen-bond acceptors (Lipinski definition) is 5. The van der Waals surface area contributed by atoms with Crippen molar-refractivity contribution >= 4 is 5.78 Å². The largest absolute Gasteiger partial charge is 0.494 e. The first-order chi connectivity index (χ1) is 10.2. The molecule has 0 fully saturated rings. The normalized spacial score (nSPS) is 14.8. The molecule has 0 atom stereocenters. The second kappa shape index (κ2) is 5.61. The lowest BCUT2D eigenvalue weighted by Crippen LogP contribution is -2.37. The second-order valence-electron chi connectivity index (χ2n) is 4.92. The van der Waals surface area contributed by atoms with E-state index >= 15 is 0 Å². The molecule has 0 saturated carbocycles. The Morgan fingerprint density at radius 3 is 3.05 bits per heavy atom. The van der Waals surface area contributed by atoms with Crippen molar-refractivity contribution in [2.24, 2.45) is 0 Å². The second-order valence-corrected chi connectivity index (χ2v) is 4.92. The lowest BCUT2D eigenvalue weighted by atomic mass is 10.1. The van der Waals surface area contributed by atoms with Gasteiger partial charge in [0, 0.05) is 18.7 Å². The summed E-state index contributed by atoms with van der Waals surface area (Å²) >= 11 is 0. The van der Waals surface area contributed by atoms with E-state index in [4.69, 9.17) is 4.74 Å². The molecule has 110 valence electrons. The number of ketones is 1. The van der Waals surface area contributed by atoms with E-state index in [1.807, 2.05) is 9.47 Å². The molecule has 3 rings (SSSR count). The number of nitrogens with zero attached hydrogens (tertiary/aromatic N) is 4. The summed E-state index contributed by atoms with van der Waals surface area (Å²) in [4.78, 5) is 14.2. The highest BCUT2D eigenvalue weighted by atomic mass is 19.1. The van der Waals surface area contributed by atoms with E-state index in [0.717, 1.165) is 18.9 Å². The van der Waals surface area contributed by atoms with Crippen molar-refractivity contribution < 1.29 is 13.9 Å². The van der Waals surface area contributed by atoms with Gasteiger partial charge in [0.1, 0.15) is 12.2 Å². The third-order valence-electron chi connectivity index (χ3n) is 3.56. The summed E-state index contributed by atoms with van der Waals surface area (Å²) in [7, 11) is 1.39. The molecule has 21 heavy (non-hydrogen) atoms. The number of benzene rings is 1. The van der Waals surface area contributed by atoms with Crippen molar-refractivity contribution in [3.05, 3.63) is 41.7 Å². The van der Waals surface area contributed by atoms with Crippen LogP contribution in [0.3, 0.4) is 0 Å². The van der Waals surface area contributed by atoms with Crippen molar-refractivity contribution in [2.75, 3.05) is 20.2 Å². The highest BCUT2D eigenvalue weighted by Crippen LogP contribution is 2.18. The molecule has 7 heteroatoms. The van der Waals surface area contributed by atoms with E-state index in [2.05, 4.69) is 10.2 Å². The monoisotopic (exact) mass is 290 g/mol. The van der Waals surface area contributed by atoms with Gasteiger partial charge >= 0.3 is 0 Å². The summed E-state index contributed by atoms with van der Waals surface area (Å²) in [5, 5.41) is 7.85. The minimum absolute atomic E-state index is 0.121. The molecule has 0 amide bonds. The van der Waals surface area contributed by atoms with Gasteiger partial charge in [0.15, 0.2) is 17.3 Å². The molecule has 0 bridgehead atoms. The molecule has 0 saturated heterocycles. The molecule has 0 radical (unpaired) electrons. The van der Waals surface area contributed by atoms with Crippen molar-refractivity contribution in [1.29, 1.82) is 0 Å². The van der Waals surface area contributed by atoms with Crippen LogP contribution >= 0.6 is 0 Å². The summed E-state index contributed by atoms with van der Waals surface area (Å²) < 4.78 is 20.4. The minimum Gasteiger partial charge on any atom is -0.494 e. The van der Waals surface area contributed by atoms with Crippen LogP contribution < -0.4 is 4.74 Å². The summed E-state index contributed by atoms with van der Waals surface area (Å²) in [5.41, 5.74) is 0.348. The van der Waals surface area contributed by atoms with Gasteiger partial charge in [0.25, 0.3) is 0 Å². The van der Waals surface area contributed by atoms with Crippen LogP contribution in [0, 0.1) is 5.82 Å². The quantitative estimate of drug-likeness (QED) is 0.790. The van der Waals surface area contributed by atoms with Crippen LogP contribution in [0.1, 0.15) is 16.2 Å². The first-order valence-electron chi connectivity index (χ1n) is 6.63. The van der Waals surface area contributed by atoms with E-state index in [0.29, 0.717) is 12.1 Å². The highest BCUT2D eigenvalue weighted by molar-refractivity contribution is 5.97. The molecule has 1 aromatic carbocycles. The number of hydrogen-bond donors (Lipinski definition) is 0. The Kier molecular flexibility index (Phi) is 3.66. The molecule has 1 aliphatic heterocycles. The predicted octanol–water partition coefficient (Wildman–Crippen LogP) is 1.12. The number of aromatic nitrogens is 3. The number of Topliss-reactive ketones (excluding diaryl/α,β-unsaturated/α-hetero) is 1. The van der Waals surface area contributed by atoms with Crippen molar-refractivity contribution in [1.82, 2.24) is 19.7 Å². The molecule has 0 spiro atoms. The van der Waals surface area contributed by atoms with E-state index in [1.165, 1.54) is 19.2 Å². The summed E-state index contributed by atoms with van der Waals surface area (Å²) in [6.45, 7) is 2.31. The van der Waals surface area contributed by atoms with Crippen molar-refractivity contribution in [2.45, 2.75) is 13.1 Å². The van der Waals surface area contributed by atoms with Crippen LogP contribution in [0.25, 0.3) is 0 Å². The van der Waals surface area contributed by atoms with Crippen LogP contribution in [-0.2, 0) is 13.1 Å². The zero-order valence-corrected chi connectivity index (χ0v) is 11.6. The zero-order valence-electron chi connectivity index (χ0n) is 11.6. The van der Waals surface area contributed by atoms with Gasteiger partial charge in [-0.15, -0.1) is 10.2 Å². The van der Waals surface area contributed by atoms with Crippen LogP contribution in [0.4, 0.5) is 4.39 Å². The van der Waals surface area contributed by atoms with Crippen LogP contribution in [-0.4, -0.2) is 45.6 Å². The van der Waals surface area contributed by atoms with Crippen LogP contribution in [0.2, 0.25) is 0 Å². The fraction of sp³-hybridized carbons (Fsp3) is 0.357. The molecule has 1 aliphatic rings. The maximum absolute atomic E-state index is 13.6. The maximum atomic E-state index is 13.6. The molecule has 0 unspecified atom stereocenters. The number of rotatable bonds is 4. The molecule has 2 heterocycles. The molecule has 0 N–H and O–H groups in total. The van der Waals surface area contributed by atoms with E-state index in [9.17, 15) is 9.18 Å². The summed E-state index contributed by atoms with van der Waals surface area (Å²) in [6, 6.07) is 4.26. The SMILES string of the molecule is COc1ccc(C(=O)CN2CCn3cnnc3C2)cc1F. The van der Waals surface area contributed by atoms with Gasteiger partial charge in [-0.25, -0.2) is 4.39 Å². The fourth-order valence-corrected chi connectivity index (χ4v) is 2.39. The smallest absolute Gasteiger partial charge is 0.176 e. The molecule has 6 nitrogen and oxygen atoms in total. The Balaban J connectivity index is 1.68. The predicted molar refractivity (Wildman–Crippen MR) is 72.6 cm³/mol. The Morgan fingerprint density at radius 1 is 1.43 bits per heavy atom. The third-order valence-corrected chi connectivity index (χ3v) is 3.56. The van der Waals surface area contributed by atoms with Crippen LogP contribution in [0.15, 0.2) is 24.5 Å². The number of carbonyl (C=O) groups excluding carboxylic acids is 1. The Morgan fingerprint density at radius 2 is 2.29 bits per heavy atom. The Bertz CT molecular complexity index is 671. The van der Waals surface area contributed by atoms with Crippen molar-refractivity contribution in [3.8, 4) is 5.75 Å². The van der Waals surface area contributed by atoms with E-state index < -0.39 is 5.82 Å². The van der Waals surface area contributed by atoms with Gasteiger partial charge < -0.3 is 9.30 Å². The maximum Gasteiger partial charge on any atom is 0.176 e. The lowest BCUT2D eigenvalue weighted by Gasteiger charge is -2.26. The van der Waals surface area contributed by atoms with Gasteiger partial charge in [-0.1, -0.05) is 0 Å². The number of ether oxygens (including phenoxy) is 1. The first-order valence-corrected chi connectivity index (χ1v) is 6.63. The van der Waals surface area contributed by atoms with Gasteiger partial charge in [-0.2, -0.15) is 0 Å². The average Bonchev–Trinajstić information content (AvgIpc) is 2.94. The number of halogens is 1. The van der Waals surface area contributed by atoms with Crippen LogP contribution in [0.5, 0.6) is 5.75 Å². The third kappa shape index (κ3) is 2.78. The minimum atomic E-state index is -0.526. The summed E-state index contributed by atoms with van der Waals surface area (Å²) in [5.74, 6) is 0.332. The van der Waals surface area contributed by atoms with E-state index in [-0.39, 0.29) is 18.1 Å². The zero-order chi connectivity index (χ0) is 14.8. The number of fused-ring (bicyclic) bond motifs is 1. The fourth-order valence-electron chi connectivity index (χ4n) is 2.39. The lowest BCUT2D eigenvalue weighted by molar-refractivity contribution is 0.0907. The van der Waals surface area contributed by atoms with Gasteiger partial charge in [0.05, 0.1) is 20.2 Å². The van der Waals surface area contributed by atoms with Gasteiger partial charge in [0.2, 0.25) is 0 Å². The Labute approximate surface area is 121 Å². The standard InChI is InChI=1S/C14H15FN4O2/c1-21-13-3-2-10(6-11(13)15)12(20)7-18-4-5-19-9-16-17-14(19)8-18/h2-3,6,9H,4-5,7-8H2,1H3. The van der Waals surface area contributed by atoms with Crippen molar-refractivity contribution in [3.63, 3.8) is 0 Å². The topological polar surface area (TPSA) is 60.2 Å². The molecule has 1 aromatic heterocycles. The summed E-state index contributed by atoms with van der Waals surface area (Å²) in [6.07, 6.45) is 1.69. The molecule has 2 aromatic rings. The number of methoxy groups -OCH3 is 1. The van der Waals surface area contributed by atoms with E-state index in [1.54, 1.807) is 12.4 Å². The number of carbonyl (C=O) groups is 1. The van der Waals surface area contributed by atoms with Gasteiger partial charge in [-0.05, 0) is 18.2 Å². The highest BCUT2D eigenvalue weighted by Gasteiger charge is 2.20. The molecule has 0 aliphatic carbocycles. The average molecular weight is 290 g/mol. The Hall–Kier alpha value is -2.28. The van der Waals surface area contributed by atoms with Gasteiger partial charge in [-0.3, -0.25) is 9.69 Å².